The Morgan fingerprint density at radius 3 is 2.67 bits per heavy atom. The zero-order valence-corrected chi connectivity index (χ0v) is 8.53. The van der Waals surface area contributed by atoms with E-state index in [9.17, 15) is 0 Å². The van der Waals surface area contributed by atoms with Crippen LogP contribution in [0.2, 0.25) is 5.02 Å². The molecular formula is C9H9ClN4O. The van der Waals surface area contributed by atoms with Crippen LogP contribution in [0.5, 0.6) is 5.75 Å². The van der Waals surface area contributed by atoms with Gasteiger partial charge >= 0.3 is 0 Å². The predicted molar refractivity (Wildman–Crippen MR) is 56.6 cm³/mol. The Balaban J connectivity index is 1.96. The number of hydrogen-bond donors (Lipinski definition) is 2. The fourth-order valence-corrected chi connectivity index (χ4v) is 1.18. The van der Waals surface area contributed by atoms with Crippen LogP contribution in [-0.2, 0) is 6.61 Å². The van der Waals surface area contributed by atoms with E-state index < -0.39 is 0 Å². The largest absolute Gasteiger partial charge is 0.486 e. The van der Waals surface area contributed by atoms with E-state index in [0.717, 1.165) is 5.75 Å². The van der Waals surface area contributed by atoms with Crippen molar-refractivity contribution in [3.63, 3.8) is 0 Å². The number of nitrogens with zero attached hydrogens (tertiary/aromatic N) is 2. The summed E-state index contributed by atoms with van der Waals surface area (Å²) in [5.74, 6) is 1.52. The molecule has 0 radical (unpaired) electrons. The Morgan fingerprint density at radius 2 is 2.07 bits per heavy atom. The molecule has 2 aromatic rings. The molecule has 0 fully saturated rings. The van der Waals surface area contributed by atoms with Gasteiger partial charge in [0.2, 0.25) is 5.95 Å². The smallest absolute Gasteiger partial charge is 0.239 e. The van der Waals surface area contributed by atoms with Gasteiger partial charge < -0.3 is 10.5 Å². The van der Waals surface area contributed by atoms with E-state index in [1.54, 1.807) is 24.3 Å². The average Bonchev–Trinajstić information content (AvgIpc) is 2.64. The second kappa shape index (κ2) is 4.18. The molecule has 0 spiro atoms. The van der Waals surface area contributed by atoms with Crippen LogP contribution in [-0.4, -0.2) is 15.2 Å². The number of nitrogen functional groups attached to an aromatic ring is 1. The SMILES string of the molecule is Nc1n[nH]c(COc2ccc(Cl)cc2)n1. The number of anilines is 1. The lowest BCUT2D eigenvalue weighted by Gasteiger charge is -2.02. The van der Waals surface area contributed by atoms with Gasteiger partial charge in [0.25, 0.3) is 0 Å². The molecule has 3 N–H and O–H groups in total. The molecule has 2 rings (SSSR count). The fraction of sp³-hybridized carbons (Fsp3) is 0.111. The van der Waals surface area contributed by atoms with Crippen LogP contribution in [0.15, 0.2) is 24.3 Å². The summed E-state index contributed by atoms with van der Waals surface area (Å²) in [6, 6.07) is 7.07. The highest BCUT2D eigenvalue weighted by Gasteiger charge is 2.00. The zero-order chi connectivity index (χ0) is 10.7. The van der Waals surface area contributed by atoms with Crippen molar-refractivity contribution in [2.24, 2.45) is 0 Å². The Hall–Kier alpha value is -1.75. The summed E-state index contributed by atoms with van der Waals surface area (Å²) in [5.41, 5.74) is 5.34. The summed E-state index contributed by atoms with van der Waals surface area (Å²) < 4.78 is 5.41. The molecule has 0 saturated heterocycles. The van der Waals surface area contributed by atoms with Crippen LogP contribution < -0.4 is 10.5 Å². The molecule has 0 aliphatic rings. The van der Waals surface area contributed by atoms with E-state index >= 15 is 0 Å². The van der Waals surface area contributed by atoms with E-state index in [1.165, 1.54) is 0 Å². The maximum absolute atomic E-state index is 5.73. The summed E-state index contributed by atoms with van der Waals surface area (Å²) in [5, 5.41) is 7.01. The Kier molecular flexibility index (Phi) is 2.73. The zero-order valence-electron chi connectivity index (χ0n) is 7.77. The molecule has 5 nitrogen and oxygen atoms in total. The molecule has 0 atom stereocenters. The predicted octanol–water partition coefficient (Wildman–Crippen LogP) is 1.62. The summed E-state index contributed by atoms with van der Waals surface area (Å²) >= 11 is 5.73. The van der Waals surface area contributed by atoms with E-state index in [4.69, 9.17) is 22.1 Å². The van der Waals surface area contributed by atoms with Crippen molar-refractivity contribution in [3.05, 3.63) is 35.1 Å². The van der Waals surface area contributed by atoms with Gasteiger partial charge in [-0.25, -0.2) is 0 Å². The maximum atomic E-state index is 5.73. The number of hydrogen-bond acceptors (Lipinski definition) is 4. The highest BCUT2D eigenvalue weighted by atomic mass is 35.5. The minimum absolute atomic E-state index is 0.213. The topological polar surface area (TPSA) is 76.8 Å². The van der Waals surface area contributed by atoms with Gasteiger partial charge in [0.1, 0.15) is 12.4 Å². The number of nitrogens with one attached hydrogen (secondary N) is 1. The van der Waals surface area contributed by atoms with Crippen LogP contribution in [0, 0.1) is 0 Å². The molecule has 0 amide bonds. The van der Waals surface area contributed by atoms with Crippen molar-refractivity contribution < 1.29 is 4.74 Å². The molecule has 0 bridgehead atoms. The number of H-pyrrole nitrogens is 1. The van der Waals surface area contributed by atoms with Gasteiger partial charge in [-0.1, -0.05) is 11.6 Å². The van der Waals surface area contributed by atoms with Gasteiger partial charge in [0, 0.05) is 5.02 Å². The molecule has 1 aromatic heterocycles. The Bertz CT molecular complexity index is 440. The Labute approximate surface area is 91.2 Å². The molecule has 15 heavy (non-hydrogen) atoms. The standard InChI is InChI=1S/C9H9ClN4O/c10-6-1-3-7(4-2-6)15-5-8-12-9(11)14-13-8/h1-4H,5H2,(H3,11,12,13,14). The molecule has 0 unspecified atom stereocenters. The molecule has 0 aliphatic heterocycles. The summed E-state index contributed by atoms with van der Waals surface area (Å²) in [6.45, 7) is 0.297. The van der Waals surface area contributed by atoms with Gasteiger partial charge in [0.15, 0.2) is 5.82 Å². The van der Waals surface area contributed by atoms with Gasteiger partial charge in [0.05, 0.1) is 0 Å². The third-order valence-electron chi connectivity index (χ3n) is 1.74. The second-order valence-electron chi connectivity index (χ2n) is 2.88. The highest BCUT2D eigenvalue weighted by molar-refractivity contribution is 6.30. The quantitative estimate of drug-likeness (QED) is 0.831. The highest BCUT2D eigenvalue weighted by Crippen LogP contribution is 2.16. The first-order valence-electron chi connectivity index (χ1n) is 4.29. The van der Waals surface area contributed by atoms with Gasteiger partial charge in [-0.3, -0.25) is 5.10 Å². The minimum Gasteiger partial charge on any atom is -0.486 e. The number of aromatic amines is 1. The summed E-state index contributed by atoms with van der Waals surface area (Å²) in [6.07, 6.45) is 0. The normalized spacial score (nSPS) is 10.2. The molecule has 0 aliphatic carbocycles. The first kappa shape index (κ1) is 9.79. The van der Waals surface area contributed by atoms with E-state index in [-0.39, 0.29) is 5.95 Å². The molecule has 0 saturated carbocycles. The second-order valence-corrected chi connectivity index (χ2v) is 3.32. The molecule has 1 aromatic carbocycles. The number of rotatable bonds is 3. The number of aromatic nitrogens is 3. The van der Waals surface area contributed by atoms with Crippen LogP contribution in [0.4, 0.5) is 5.95 Å². The molecular weight excluding hydrogens is 216 g/mol. The van der Waals surface area contributed by atoms with Gasteiger partial charge in [-0.05, 0) is 24.3 Å². The van der Waals surface area contributed by atoms with Crippen LogP contribution in [0.1, 0.15) is 5.82 Å². The third-order valence-corrected chi connectivity index (χ3v) is 1.99. The van der Waals surface area contributed by atoms with Gasteiger partial charge in [-0.15, -0.1) is 5.10 Å². The lowest BCUT2D eigenvalue weighted by molar-refractivity contribution is 0.296. The summed E-state index contributed by atoms with van der Waals surface area (Å²) in [4.78, 5) is 3.90. The van der Waals surface area contributed by atoms with Crippen molar-refractivity contribution in [3.8, 4) is 5.75 Å². The van der Waals surface area contributed by atoms with E-state index in [1.807, 2.05) is 0 Å². The first-order valence-corrected chi connectivity index (χ1v) is 4.67. The average molecular weight is 225 g/mol. The van der Waals surface area contributed by atoms with Crippen molar-refractivity contribution in [2.45, 2.75) is 6.61 Å². The van der Waals surface area contributed by atoms with Crippen LogP contribution in [0.3, 0.4) is 0 Å². The fourth-order valence-electron chi connectivity index (χ4n) is 1.06. The van der Waals surface area contributed by atoms with Crippen molar-refractivity contribution >= 4 is 17.5 Å². The first-order chi connectivity index (χ1) is 7.24. The molecule has 6 heteroatoms. The van der Waals surface area contributed by atoms with Crippen LogP contribution in [0.25, 0.3) is 0 Å². The number of ether oxygens (including phenoxy) is 1. The number of benzene rings is 1. The minimum atomic E-state index is 0.213. The van der Waals surface area contributed by atoms with Crippen molar-refractivity contribution in [1.82, 2.24) is 15.2 Å². The maximum Gasteiger partial charge on any atom is 0.239 e. The Morgan fingerprint density at radius 1 is 1.33 bits per heavy atom. The van der Waals surface area contributed by atoms with Crippen molar-refractivity contribution in [2.75, 3.05) is 5.73 Å². The number of halogens is 1. The number of nitrogens with two attached hydrogens (primary N) is 1. The lowest BCUT2D eigenvalue weighted by Crippen LogP contribution is -1.97. The third kappa shape index (κ3) is 2.60. The van der Waals surface area contributed by atoms with Crippen LogP contribution >= 0.6 is 11.6 Å². The monoisotopic (exact) mass is 224 g/mol. The molecule has 1 heterocycles. The van der Waals surface area contributed by atoms with Gasteiger partial charge in [-0.2, -0.15) is 4.98 Å². The summed E-state index contributed by atoms with van der Waals surface area (Å²) in [7, 11) is 0. The van der Waals surface area contributed by atoms with Crippen molar-refractivity contribution in [1.29, 1.82) is 0 Å². The lowest BCUT2D eigenvalue weighted by atomic mass is 10.3. The van der Waals surface area contributed by atoms with E-state index in [0.29, 0.717) is 17.5 Å². The van der Waals surface area contributed by atoms with E-state index in [2.05, 4.69) is 15.2 Å². The molecule has 78 valence electrons.